The van der Waals surface area contributed by atoms with E-state index in [2.05, 4.69) is 0 Å². The SMILES string of the molecule is CCc1ccc(OC)c(C(C#N)C(C)=O)c1. The van der Waals surface area contributed by atoms with Crippen LogP contribution < -0.4 is 4.74 Å². The summed E-state index contributed by atoms with van der Waals surface area (Å²) in [4.78, 5) is 11.4. The predicted octanol–water partition coefficient (Wildman–Crippen LogP) is 2.45. The minimum atomic E-state index is -0.735. The summed E-state index contributed by atoms with van der Waals surface area (Å²) in [5.74, 6) is -0.297. The van der Waals surface area contributed by atoms with Gasteiger partial charge in [-0.15, -0.1) is 0 Å². The predicted molar refractivity (Wildman–Crippen MR) is 61.4 cm³/mol. The van der Waals surface area contributed by atoms with Crippen LogP contribution in [0, 0.1) is 11.3 Å². The van der Waals surface area contributed by atoms with Crippen LogP contribution in [0.2, 0.25) is 0 Å². The van der Waals surface area contributed by atoms with Crippen molar-refractivity contribution in [3.05, 3.63) is 29.3 Å². The van der Waals surface area contributed by atoms with Crippen LogP contribution >= 0.6 is 0 Å². The van der Waals surface area contributed by atoms with Gasteiger partial charge in [-0.2, -0.15) is 5.26 Å². The maximum atomic E-state index is 11.4. The quantitative estimate of drug-likeness (QED) is 0.778. The number of Topliss-reactive ketones (excluding diaryl/α,β-unsaturated/α-hetero) is 1. The largest absolute Gasteiger partial charge is 0.496 e. The summed E-state index contributed by atoms with van der Waals surface area (Å²) in [6.45, 7) is 3.45. The van der Waals surface area contributed by atoms with Crippen LogP contribution in [0.5, 0.6) is 5.75 Å². The highest BCUT2D eigenvalue weighted by Crippen LogP contribution is 2.28. The van der Waals surface area contributed by atoms with Crippen molar-refractivity contribution >= 4 is 5.78 Å². The van der Waals surface area contributed by atoms with E-state index in [-0.39, 0.29) is 5.78 Å². The van der Waals surface area contributed by atoms with E-state index >= 15 is 0 Å². The molecule has 0 N–H and O–H groups in total. The zero-order valence-electron chi connectivity index (χ0n) is 9.78. The van der Waals surface area contributed by atoms with E-state index < -0.39 is 5.92 Å². The molecular weight excluding hydrogens is 202 g/mol. The van der Waals surface area contributed by atoms with Gasteiger partial charge in [0, 0.05) is 5.56 Å². The van der Waals surface area contributed by atoms with Crippen LogP contribution in [-0.4, -0.2) is 12.9 Å². The number of nitrogens with zero attached hydrogens (tertiary/aromatic N) is 1. The van der Waals surface area contributed by atoms with Crippen molar-refractivity contribution in [1.82, 2.24) is 0 Å². The second-order valence-electron chi connectivity index (χ2n) is 3.60. The molecule has 0 saturated carbocycles. The average molecular weight is 217 g/mol. The highest BCUT2D eigenvalue weighted by molar-refractivity contribution is 5.87. The number of nitriles is 1. The van der Waals surface area contributed by atoms with Gasteiger partial charge in [0.1, 0.15) is 11.7 Å². The second-order valence-corrected chi connectivity index (χ2v) is 3.60. The topological polar surface area (TPSA) is 50.1 Å². The first-order chi connectivity index (χ1) is 7.63. The van der Waals surface area contributed by atoms with Gasteiger partial charge >= 0.3 is 0 Å². The normalized spacial score (nSPS) is 11.6. The fraction of sp³-hybridized carbons (Fsp3) is 0.385. The molecule has 0 aromatic heterocycles. The summed E-state index contributed by atoms with van der Waals surface area (Å²) in [5.41, 5.74) is 1.76. The number of hydrogen-bond donors (Lipinski definition) is 0. The lowest BCUT2D eigenvalue weighted by Crippen LogP contribution is -2.08. The van der Waals surface area contributed by atoms with E-state index in [4.69, 9.17) is 10.00 Å². The Bertz CT molecular complexity index is 432. The molecule has 0 aliphatic heterocycles. The Hall–Kier alpha value is -1.82. The summed E-state index contributed by atoms with van der Waals surface area (Å²) < 4.78 is 5.17. The van der Waals surface area contributed by atoms with E-state index in [0.29, 0.717) is 11.3 Å². The first-order valence-electron chi connectivity index (χ1n) is 5.20. The van der Waals surface area contributed by atoms with E-state index in [1.54, 1.807) is 13.2 Å². The summed E-state index contributed by atoms with van der Waals surface area (Å²) >= 11 is 0. The van der Waals surface area contributed by atoms with Crippen LogP contribution in [0.25, 0.3) is 0 Å². The van der Waals surface area contributed by atoms with Crippen LogP contribution in [0.1, 0.15) is 30.9 Å². The highest BCUT2D eigenvalue weighted by atomic mass is 16.5. The van der Waals surface area contributed by atoms with E-state index in [1.165, 1.54) is 6.92 Å². The zero-order valence-corrected chi connectivity index (χ0v) is 9.78. The van der Waals surface area contributed by atoms with Gasteiger partial charge in [-0.05, 0) is 25.0 Å². The molecule has 1 aromatic carbocycles. The van der Waals surface area contributed by atoms with Gasteiger partial charge < -0.3 is 4.74 Å². The molecule has 1 aromatic rings. The number of ketones is 1. The first kappa shape index (κ1) is 12.3. The number of carbonyl (C=O) groups is 1. The zero-order chi connectivity index (χ0) is 12.1. The molecule has 3 heteroatoms. The van der Waals surface area contributed by atoms with Crippen LogP contribution in [0.15, 0.2) is 18.2 Å². The Balaban J connectivity index is 3.28. The molecular formula is C13H15NO2. The Morgan fingerprint density at radius 2 is 2.25 bits per heavy atom. The fourth-order valence-electron chi connectivity index (χ4n) is 1.61. The smallest absolute Gasteiger partial charge is 0.151 e. The molecule has 84 valence electrons. The van der Waals surface area contributed by atoms with Crippen molar-refractivity contribution in [2.24, 2.45) is 0 Å². The Morgan fingerprint density at radius 3 is 2.69 bits per heavy atom. The summed E-state index contributed by atoms with van der Waals surface area (Å²) in [6, 6.07) is 7.63. The minimum Gasteiger partial charge on any atom is -0.496 e. The molecule has 0 aliphatic rings. The molecule has 0 fully saturated rings. The third-order valence-corrected chi connectivity index (χ3v) is 2.55. The monoisotopic (exact) mass is 217 g/mol. The summed E-state index contributed by atoms with van der Waals surface area (Å²) in [7, 11) is 1.54. The molecule has 1 unspecified atom stereocenters. The Morgan fingerprint density at radius 1 is 1.56 bits per heavy atom. The lowest BCUT2D eigenvalue weighted by atomic mass is 9.94. The lowest BCUT2D eigenvalue weighted by Gasteiger charge is -2.12. The van der Waals surface area contributed by atoms with Gasteiger partial charge in [0.15, 0.2) is 5.78 Å². The molecule has 0 radical (unpaired) electrons. The van der Waals surface area contributed by atoms with E-state index in [1.807, 2.05) is 25.1 Å². The average Bonchev–Trinajstić information content (AvgIpc) is 2.29. The van der Waals surface area contributed by atoms with Gasteiger partial charge in [-0.3, -0.25) is 4.79 Å². The number of aryl methyl sites for hydroxylation is 1. The molecule has 0 spiro atoms. The van der Waals surface area contributed by atoms with E-state index in [0.717, 1.165) is 12.0 Å². The molecule has 0 aliphatic carbocycles. The minimum absolute atomic E-state index is 0.158. The fourth-order valence-corrected chi connectivity index (χ4v) is 1.61. The highest BCUT2D eigenvalue weighted by Gasteiger charge is 2.20. The molecule has 16 heavy (non-hydrogen) atoms. The number of ether oxygens (including phenoxy) is 1. The third kappa shape index (κ3) is 2.40. The number of methoxy groups -OCH3 is 1. The number of rotatable bonds is 4. The number of benzene rings is 1. The molecule has 0 bridgehead atoms. The molecule has 0 saturated heterocycles. The van der Waals surface area contributed by atoms with E-state index in [9.17, 15) is 4.79 Å². The molecule has 3 nitrogen and oxygen atoms in total. The van der Waals surface area contributed by atoms with Crippen molar-refractivity contribution in [2.45, 2.75) is 26.2 Å². The van der Waals surface area contributed by atoms with Crippen molar-refractivity contribution < 1.29 is 9.53 Å². The Kier molecular flexibility index (Phi) is 4.07. The van der Waals surface area contributed by atoms with Gasteiger partial charge in [0.05, 0.1) is 13.2 Å². The molecule has 0 amide bonds. The van der Waals surface area contributed by atoms with Crippen molar-refractivity contribution in [1.29, 1.82) is 5.26 Å². The van der Waals surface area contributed by atoms with Crippen LogP contribution in [0.3, 0.4) is 0 Å². The van der Waals surface area contributed by atoms with Gasteiger partial charge in [0.2, 0.25) is 0 Å². The van der Waals surface area contributed by atoms with Crippen molar-refractivity contribution in [3.8, 4) is 11.8 Å². The number of hydrogen-bond acceptors (Lipinski definition) is 3. The van der Waals surface area contributed by atoms with Crippen molar-refractivity contribution in [2.75, 3.05) is 7.11 Å². The molecule has 1 atom stereocenters. The van der Waals surface area contributed by atoms with Gasteiger partial charge in [0.25, 0.3) is 0 Å². The second kappa shape index (κ2) is 5.32. The van der Waals surface area contributed by atoms with Crippen LogP contribution in [0.4, 0.5) is 0 Å². The van der Waals surface area contributed by atoms with Gasteiger partial charge in [-0.25, -0.2) is 0 Å². The molecule has 1 rings (SSSR count). The summed E-state index contributed by atoms with van der Waals surface area (Å²) in [5, 5.41) is 9.01. The van der Waals surface area contributed by atoms with Crippen LogP contribution in [-0.2, 0) is 11.2 Å². The standard InChI is InChI=1S/C13H15NO2/c1-4-10-5-6-13(16-3)11(7-10)12(8-14)9(2)15/h5-7,12H,4H2,1-3H3. The summed E-state index contributed by atoms with van der Waals surface area (Å²) in [6.07, 6.45) is 0.868. The molecule has 0 heterocycles. The first-order valence-corrected chi connectivity index (χ1v) is 5.20. The van der Waals surface area contributed by atoms with Gasteiger partial charge in [-0.1, -0.05) is 19.1 Å². The Labute approximate surface area is 95.7 Å². The van der Waals surface area contributed by atoms with Crippen molar-refractivity contribution in [3.63, 3.8) is 0 Å². The maximum absolute atomic E-state index is 11.4. The number of carbonyl (C=O) groups excluding carboxylic acids is 1. The maximum Gasteiger partial charge on any atom is 0.151 e. The lowest BCUT2D eigenvalue weighted by molar-refractivity contribution is -0.117. The third-order valence-electron chi connectivity index (χ3n) is 2.55.